The Morgan fingerprint density at radius 2 is 1.90 bits per heavy atom. The number of amides is 1. The molecule has 20 heavy (non-hydrogen) atoms. The first-order valence-corrected chi connectivity index (χ1v) is 9.53. The zero-order chi connectivity index (χ0) is 16.0. The number of rotatable bonds is 4. The fraction of sp³-hybridized carbons (Fsp3) is 0.714. The van der Waals surface area contributed by atoms with Gasteiger partial charge in [-0.25, -0.2) is 4.79 Å². The molecule has 0 heterocycles. The van der Waals surface area contributed by atoms with Crippen LogP contribution in [0.5, 0.6) is 0 Å². The average Bonchev–Trinajstić information content (AvgIpc) is 2.34. The van der Waals surface area contributed by atoms with Gasteiger partial charge in [-0.1, -0.05) is 33.9 Å². The molecule has 1 amide bonds. The van der Waals surface area contributed by atoms with Crippen molar-refractivity contribution in [2.24, 2.45) is 0 Å². The Hall–Kier alpha value is -1.32. The largest absolute Gasteiger partial charge is 0.467 e. The minimum atomic E-state index is -1.74. The van der Waals surface area contributed by atoms with Crippen molar-refractivity contribution >= 4 is 20.0 Å². The van der Waals surface area contributed by atoms with E-state index in [1.807, 2.05) is 0 Å². The molecule has 0 fully saturated rings. The number of hydrogen-bond acceptors (Lipinski definition) is 4. The summed E-state index contributed by atoms with van der Waals surface area (Å²) in [4.78, 5) is 22.7. The summed E-state index contributed by atoms with van der Waals surface area (Å²) in [7, 11) is -0.489. The molecular formula is C14H25NO4Si. The first-order chi connectivity index (χ1) is 9.05. The van der Waals surface area contributed by atoms with Gasteiger partial charge in [0.25, 0.3) is 0 Å². The van der Waals surface area contributed by atoms with Crippen LogP contribution in [0.25, 0.3) is 0 Å². The normalized spacial score (nSPS) is 12.9. The number of hydrogen-bond donors (Lipinski definition) is 2. The van der Waals surface area contributed by atoms with E-state index in [1.165, 1.54) is 7.11 Å². The van der Waals surface area contributed by atoms with Crippen LogP contribution in [0.3, 0.4) is 0 Å². The van der Waals surface area contributed by atoms with Crippen molar-refractivity contribution < 1.29 is 19.4 Å². The number of carbonyl (C=O) groups is 2. The van der Waals surface area contributed by atoms with Crippen molar-refractivity contribution in [2.45, 2.75) is 51.4 Å². The van der Waals surface area contributed by atoms with E-state index in [2.05, 4.69) is 55.4 Å². The summed E-state index contributed by atoms with van der Waals surface area (Å²) in [5.74, 6) is 1.82. The van der Waals surface area contributed by atoms with Gasteiger partial charge in [0.2, 0.25) is 5.91 Å². The van der Waals surface area contributed by atoms with Crippen LogP contribution >= 0.6 is 0 Å². The summed E-state index contributed by atoms with van der Waals surface area (Å²) in [5, 5.41) is 11.2. The Morgan fingerprint density at radius 3 is 2.30 bits per heavy atom. The van der Waals surface area contributed by atoms with Crippen LogP contribution < -0.4 is 5.32 Å². The second-order valence-corrected chi connectivity index (χ2v) is 11.2. The van der Waals surface area contributed by atoms with Gasteiger partial charge in [0, 0.05) is 6.42 Å². The molecule has 0 aliphatic carbocycles. The minimum absolute atomic E-state index is 0.134. The van der Waals surface area contributed by atoms with E-state index < -0.39 is 32.6 Å². The lowest BCUT2D eigenvalue weighted by Gasteiger charge is -2.31. The lowest BCUT2D eigenvalue weighted by molar-refractivity contribution is -0.145. The molecule has 5 nitrogen and oxygen atoms in total. The number of methoxy groups -OCH3 is 1. The molecule has 0 aromatic carbocycles. The van der Waals surface area contributed by atoms with E-state index in [-0.39, 0.29) is 11.5 Å². The Bertz CT molecular complexity index is 415. The predicted octanol–water partition coefficient (Wildman–Crippen LogP) is 1.08. The summed E-state index contributed by atoms with van der Waals surface area (Å²) in [6, 6.07) is -0.836. The Labute approximate surface area is 122 Å². The maximum atomic E-state index is 11.5. The Kier molecular flexibility index (Phi) is 6.96. The number of aliphatic hydroxyl groups is 1. The van der Waals surface area contributed by atoms with E-state index in [0.717, 1.165) is 0 Å². The predicted molar refractivity (Wildman–Crippen MR) is 80.6 cm³/mol. The SMILES string of the molecule is COC(=O)[C@@H](CC#C[Si](C)(C)C(C)(C)C)NC(=O)CO. The van der Waals surface area contributed by atoms with E-state index >= 15 is 0 Å². The molecule has 0 aliphatic rings. The van der Waals surface area contributed by atoms with Crippen molar-refractivity contribution in [3.63, 3.8) is 0 Å². The summed E-state index contributed by atoms with van der Waals surface area (Å²) in [5.41, 5.74) is 3.27. The Morgan fingerprint density at radius 1 is 1.35 bits per heavy atom. The fourth-order valence-corrected chi connectivity index (χ4v) is 2.06. The van der Waals surface area contributed by atoms with Crippen LogP contribution in [0.15, 0.2) is 0 Å². The second-order valence-electron chi connectivity index (χ2n) is 6.18. The third-order valence-corrected chi connectivity index (χ3v) is 8.10. The molecular weight excluding hydrogens is 274 g/mol. The molecule has 1 atom stereocenters. The summed E-state index contributed by atoms with van der Waals surface area (Å²) in [6.07, 6.45) is 0.185. The van der Waals surface area contributed by atoms with Gasteiger partial charge in [0.15, 0.2) is 0 Å². The number of ether oxygens (including phenoxy) is 1. The van der Waals surface area contributed by atoms with Gasteiger partial charge in [-0.2, -0.15) is 0 Å². The molecule has 0 saturated heterocycles. The van der Waals surface area contributed by atoms with Gasteiger partial charge >= 0.3 is 5.97 Å². The minimum Gasteiger partial charge on any atom is -0.467 e. The third kappa shape index (κ3) is 5.76. The smallest absolute Gasteiger partial charge is 0.329 e. The van der Waals surface area contributed by atoms with Gasteiger partial charge in [-0.05, 0) is 5.04 Å². The maximum absolute atomic E-state index is 11.5. The molecule has 0 aliphatic heterocycles. The van der Waals surface area contributed by atoms with Crippen molar-refractivity contribution in [1.29, 1.82) is 0 Å². The second kappa shape index (κ2) is 7.46. The number of carbonyl (C=O) groups excluding carboxylic acids is 2. The van der Waals surface area contributed by atoms with Crippen molar-refractivity contribution in [1.82, 2.24) is 5.32 Å². The molecule has 0 saturated carbocycles. The molecule has 0 unspecified atom stereocenters. The number of aliphatic hydroxyl groups excluding tert-OH is 1. The standard InChI is InChI=1S/C14H25NO4Si/c1-14(2,3)20(5,6)9-7-8-11(13(18)19-4)15-12(17)10-16/h11,16H,8,10H2,1-6H3,(H,15,17)/t11-/m1/s1. The molecule has 114 valence electrons. The highest BCUT2D eigenvalue weighted by Gasteiger charge is 2.33. The zero-order valence-corrected chi connectivity index (χ0v) is 14.2. The number of esters is 1. The molecule has 2 N–H and O–H groups in total. The van der Waals surface area contributed by atoms with Crippen molar-refractivity contribution in [3.05, 3.63) is 0 Å². The highest BCUT2D eigenvalue weighted by molar-refractivity contribution is 6.87. The van der Waals surface area contributed by atoms with Crippen LogP contribution in [0.1, 0.15) is 27.2 Å². The van der Waals surface area contributed by atoms with Gasteiger partial charge in [-0.15, -0.1) is 11.5 Å². The van der Waals surface area contributed by atoms with Gasteiger partial charge in [0.1, 0.15) is 20.7 Å². The molecule has 0 rings (SSSR count). The van der Waals surface area contributed by atoms with Crippen LogP contribution in [0.4, 0.5) is 0 Å². The fourth-order valence-electron chi connectivity index (χ4n) is 1.14. The molecule has 0 bridgehead atoms. The Balaban J connectivity index is 4.87. The maximum Gasteiger partial charge on any atom is 0.329 e. The van der Waals surface area contributed by atoms with Gasteiger partial charge < -0.3 is 15.2 Å². The quantitative estimate of drug-likeness (QED) is 0.463. The molecule has 6 heteroatoms. The molecule has 0 radical (unpaired) electrons. The summed E-state index contributed by atoms with van der Waals surface area (Å²) < 4.78 is 4.62. The van der Waals surface area contributed by atoms with E-state index in [4.69, 9.17) is 5.11 Å². The number of nitrogens with one attached hydrogen (secondary N) is 1. The molecule has 0 aromatic rings. The van der Waals surface area contributed by atoms with Crippen LogP contribution in [-0.2, 0) is 14.3 Å². The molecule has 0 aromatic heterocycles. The topological polar surface area (TPSA) is 75.6 Å². The van der Waals surface area contributed by atoms with Gasteiger partial charge in [0.05, 0.1) is 7.11 Å². The van der Waals surface area contributed by atoms with Crippen molar-refractivity contribution in [2.75, 3.05) is 13.7 Å². The van der Waals surface area contributed by atoms with E-state index in [1.54, 1.807) is 0 Å². The third-order valence-electron chi connectivity index (χ3n) is 3.55. The summed E-state index contributed by atoms with van der Waals surface area (Å²) >= 11 is 0. The molecule has 0 spiro atoms. The highest BCUT2D eigenvalue weighted by Crippen LogP contribution is 2.35. The average molecular weight is 299 g/mol. The first kappa shape index (κ1) is 18.7. The monoisotopic (exact) mass is 299 g/mol. The van der Waals surface area contributed by atoms with Crippen LogP contribution in [-0.4, -0.2) is 44.8 Å². The summed E-state index contributed by atoms with van der Waals surface area (Å²) in [6.45, 7) is 10.1. The van der Waals surface area contributed by atoms with Crippen molar-refractivity contribution in [3.8, 4) is 11.5 Å². The lowest BCUT2D eigenvalue weighted by atomic mass is 10.2. The van der Waals surface area contributed by atoms with Gasteiger partial charge in [-0.3, -0.25) is 4.79 Å². The zero-order valence-electron chi connectivity index (χ0n) is 13.2. The lowest BCUT2D eigenvalue weighted by Crippen LogP contribution is -2.42. The van der Waals surface area contributed by atoms with E-state index in [0.29, 0.717) is 0 Å². The van der Waals surface area contributed by atoms with Crippen LogP contribution in [0, 0.1) is 11.5 Å². The van der Waals surface area contributed by atoms with E-state index in [9.17, 15) is 9.59 Å². The highest BCUT2D eigenvalue weighted by atomic mass is 28.3. The first-order valence-electron chi connectivity index (χ1n) is 6.53. The van der Waals surface area contributed by atoms with Crippen LogP contribution in [0.2, 0.25) is 18.1 Å².